The fourth-order valence-electron chi connectivity index (χ4n) is 2.50. The fraction of sp³-hybridized carbons (Fsp3) is 0.286. The fourth-order valence-corrected chi connectivity index (χ4v) is 2.50. The van der Waals surface area contributed by atoms with Crippen LogP contribution in [0.25, 0.3) is 0 Å². The van der Waals surface area contributed by atoms with Gasteiger partial charge in [-0.25, -0.2) is 0 Å². The van der Waals surface area contributed by atoms with E-state index >= 15 is 0 Å². The minimum atomic E-state index is -0.215. The van der Waals surface area contributed by atoms with Gasteiger partial charge in [-0.05, 0) is 43.2 Å². The van der Waals surface area contributed by atoms with Crippen LogP contribution >= 0.6 is 0 Å². The Kier molecular flexibility index (Phi) is 7.86. The molecule has 0 aliphatic heterocycles. The van der Waals surface area contributed by atoms with Crippen molar-refractivity contribution in [2.24, 2.45) is 0 Å². The van der Waals surface area contributed by atoms with Gasteiger partial charge in [-0.2, -0.15) is 5.26 Å². The van der Waals surface area contributed by atoms with Gasteiger partial charge in [0.15, 0.2) is 0 Å². The summed E-state index contributed by atoms with van der Waals surface area (Å²) < 4.78 is 5.45. The molecule has 2 rings (SSSR count). The number of nitriles is 1. The lowest BCUT2D eigenvalue weighted by molar-refractivity contribution is -0.116. The van der Waals surface area contributed by atoms with Crippen LogP contribution in [0.5, 0.6) is 5.75 Å². The van der Waals surface area contributed by atoms with Crippen LogP contribution in [0.3, 0.4) is 0 Å². The molecule has 0 spiro atoms. The molecule has 0 saturated carbocycles. The van der Waals surface area contributed by atoms with Crippen molar-refractivity contribution in [2.45, 2.75) is 26.2 Å². The van der Waals surface area contributed by atoms with E-state index in [2.05, 4.69) is 16.7 Å². The number of nitrogens with one attached hydrogen (secondary N) is 2. The lowest BCUT2D eigenvalue weighted by atomic mass is 10.1. The van der Waals surface area contributed by atoms with Crippen LogP contribution < -0.4 is 15.4 Å². The number of amides is 2. The summed E-state index contributed by atoms with van der Waals surface area (Å²) in [7, 11) is 0. The molecular weight excluding hydrogens is 342 g/mol. The van der Waals surface area contributed by atoms with Gasteiger partial charge in [-0.3, -0.25) is 9.59 Å². The number of carbonyl (C=O) groups excluding carboxylic acids is 2. The van der Waals surface area contributed by atoms with Gasteiger partial charge >= 0.3 is 0 Å². The highest BCUT2D eigenvalue weighted by Crippen LogP contribution is 2.17. The molecule has 0 aromatic heterocycles. The number of anilines is 1. The highest BCUT2D eigenvalue weighted by atomic mass is 16.5. The van der Waals surface area contributed by atoms with E-state index in [9.17, 15) is 9.59 Å². The van der Waals surface area contributed by atoms with Gasteiger partial charge in [0.25, 0.3) is 5.91 Å². The molecule has 0 atom stereocenters. The van der Waals surface area contributed by atoms with Gasteiger partial charge in [0.05, 0.1) is 24.7 Å². The smallest absolute Gasteiger partial charge is 0.255 e. The molecule has 6 nitrogen and oxygen atoms in total. The Labute approximate surface area is 159 Å². The van der Waals surface area contributed by atoms with E-state index in [-0.39, 0.29) is 11.8 Å². The summed E-state index contributed by atoms with van der Waals surface area (Å²) in [5, 5.41) is 14.3. The van der Waals surface area contributed by atoms with E-state index in [4.69, 9.17) is 10.00 Å². The zero-order valence-electron chi connectivity index (χ0n) is 15.3. The number of para-hydroxylation sites is 1. The van der Waals surface area contributed by atoms with Crippen LogP contribution in [-0.2, 0) is 11.2 Å². The van der Waals surface area contributed by atoms with E-state index in [1.807, 2.05) is 25.1 Å². The van der Waals surface area contributed by atoms with Gasteiger partial charge in [0.1, 0.15) is 5.75 Å². The predicted octanol–water partition coefficient (Wildman–Crippen LogP) is 3.30. The molecule has 0 saturated heterocycles. The topological polar surface area (TPSA) is 91.2 Å². The lowest BCUT2D eigenvalue weighted by Gasteiger charge is -2.10. The van der Waals surface area contributed by atoms with Crippen molar-refractivity contribution in [3.05, 3.63) is 59.7 Å². The average Bonchev–Trinajstić information content (AvgIpc) is 2.67. The van der Waals surface area contributed by atoms with E-state index in [0.717, 1.165) is 5.56 Å². The average molecular weight is 365 g/mol. The van der Waals surface area contributed by atoms with Crippen molar-refractivity contribution >= 4 is 17.5 Å². The molecule has 0 radical (unpaired) electrons. The first-order valence-corrected chi connectivity index (χ1v) is 8.89. The summed E-state index contributed by atoms with van der Waals surface area (Å²) in [5.41, 5.74) is 2.09. The second-order valence-electron chi connectivity index (χ2n) is 5.87. The van der Waals surface area contributed by atoms with Crippen molar-refractivity contribution < 1.29 is 14.3 Å². The van der Waals surface area contributed by atoms with E-state index < -0.39 is 0 Å². The molecule has 2 aromatic carbocycles. The van der Waals surface area contributed by atoms with Crippen molar-refractivity contribution in [1.82, 2.24) is 5.32 Å². The zero-order chi connectivity index (χ0) is 19.5. The minimum Gasteiger partial charge on any atom is -0.493 e. The van der Waals surface area contributed by atoms with E-state index in [0.29, 0.717) is 49.4 Å². The highest BCUT2D eigenvalue weighted by Gasteiger charge is 2.11. The normalized spacial score (nSPS) is 9.93. The third-order valence-electron chi connectivity index (χ3n) is 3.82. The SMILES string of the molecule is CCOc1ccccc1C(=O)NCCCC(=O)Nc1ccc(CC#N)cc1. The Bertz CT molecular complexity index is 810. The molecule has 0 fully saturated rings. The monoisotopic (exact) mass is 365 g/mol. The number of rotatable bonds is 9. The van der Waals surface area contributed by atoms with Crippen LogP contribution in [0, 0.1) is 11.3 Å². The molecule has 2 aromatic rings. The number of hydrogen-bond donors (Lipinski definition) is 2. The summed E-state index contributed by atoms with van der Waals surface area (Å²) in [6.45, 7) is 2.75. The first-order chi connectivity index (χ1) is 13.1. The third-order valence-corrected chi connectivity index (χ3v) is 3.82. The molecule has 0 unspecified atom stereocenters. The van der Waals surface area contributed by atoms with Crippen LogP contribution in [-0.4, -0.2) is 25.0 Å². The Hall–Kier alpha value is -3.33. The summed E-state index contributed by atoms with van der Waals surface area (Å²) in [6.07, 6.45) is 1.18. The molecular formula is C21H23N3O3. The van der Waals surface area contributed by atoms with Gasteiger partial charge in [0, 0.05) is 18.7 Å². The quantitative estimate of drug-likeness (QED) is 0.667. The lowest BCUT2D eigenvalue weighted by Crippen LogP contribution is -2.26. The highest BCUT2D eigenvalue weighted by molar-refractivity contribution is 5.97. The molecule has 27 heavy (non-hydrogen) atoms. The van der Waals surface area contributed by atoms with Crippen molar-refractivity contribution in [2.75, 3.05) is 18.5 Å². The third kappa shape index (κ3) is 6.48. The molecule has 0 aliphatic rings. The molecule has 2 amide bonds. The minimum absolute atomic E-state index is 0.119. The van der Waals surface area contributed by atoms with Gasteiger partial charge in [-0.1, -0.05) is 24.3 Å². The molecule has 2 N–H and O–H groups in total. The summed E-state index contributed by atoms with van der Waals surface area (Å²) >= 11 is 0. The van der Waals surface area contributed by atoms with Crippen LogP contribution in [0.15, 0.2) is 48.5 Å². The van der Waals surface area contributed by atoms with E-state index in [1.54, 1.807) is 30.3 Å². The Morgan fingerprint density at radius 3 is 2.56 bits per heavy atom. The second kappa shape index (κ2) is 10.6. The van der Waals surface area contributed by atoms with E-state index in [1.165, 1.54) is 0 Å². The van der Waals surface area contributed by atoms with Crippen molar-refractivity contribution in [3.63, 3.8) is 0 Å². The van der Waals surface area contributed by atoms with Gasteiger partial charge in [-0.15, -0.1) is 0 Å². The second-order valence-corrected chi connectivity index (χ2v) is 5.87. The number of carbonyl (C=O) groups is 2. The number of benzene rings is 2. The standard InChI is InChI=1S/C21H23N3O3/c1-2-27-19-7-4-3-6-18(19)21(26)23-15-5-8-20(25)24-17-11-9-16(10-12-17)13-14-22/h3-4,6-7,9-12H,2,5,8,13,15H2,1H3,(H,23,26)(H,24,25). The van der Waals surface area contributed by atoms with Crippen LogP contribution in [0.4, 0.5) is 5.69 Å². The maximum absolute atomic E-state index is 12.2. The number of ether oxygens (including phenoxy) is 1. The first kappa shape index (κ1) is 20.0. The Morgan fingerprint density at radius 2 is 1.85 bits per heavy atom. The molecule has 140 valence electrons. The summed E-state index contributed by atoms with van der Waals surface area (Å²) in [5.74, 6) is 0.217. The van der Waals surface area contributed by atoms with Crippen molar-refractivity contribution in [1.29, 1.82) is 5.26 Å². The molecule has 6 heteroatoms. The van der Waals surface area contributed by atoms with Crippen molar-refractivity contribution in [3.8, 4) is 11.8 Å². The first-order valence-electron chi connectivity index (χ1n) is 8.89. The van der Waals surface area contributed by atoms with Crippen LogP contribution in [0.2, 0.25) is 0 Å². The van der Waals surface area contributed by atoms with Gasteiger partial charge in [0.2, 0.25) is 5.91 Å². The summed E-state index contributed by atoms with van der Waals surface area (Å²) in [4.78, 5) is 24.2. The van der Waals surface area contributed by atoms with Crippen LogP contribution in [0.1, 0.15) is 35.7 Å². The molecule has 0 heterocycles. The molecule has 0 bridgehead atoms. The Morgan fingerprint density at radius 1 is 1.11 bits per heavy atom. The summed E-state index contributed by atoms with van der Waals surface area (Å²) in [6, 6.07) is 16.3. The number of nitrogens with zero attached hydrogens (tertiary/aromatic N) is 1. The predicted molar refractivity (Wildman–Crippen MR) is 104 cm³/mol. The van der Waals surface area contributed by atoms with Gasteiger partial charge < -0.3 is 15.4 Å². The zero-order valence-corrected chi connectivity index (χ0v) is 15.3. The number of hydrogen-bond acceptors (Lipinski definition) is 4. The Balaban J connectivity index is 1.74. The maximum atomic E-state index is 12.2. The largest absolute Gasteiger partial charge is 0.493 e. The molecule has 0 aliphatic carbocycles. The maximum Gasteiger partial charge on any atom is 0.255 e.